The van der Waals surface area contributed by atoms with E-state index in [0.29, 0.717) is 5.69 Å². The second-order valence-corrected chi connectivity index (χ2v) is 4.27. The van der Waals surface area contributed by atoms with Crippen LogP contribution < -0.4 is 5.73 Å². The van der Waals surface area contributed by atoms with Crippen LogP contribution in [0, 0.1) is 0 Å². The molecule has 6 heteroatoms. The average Bonchev–Trinajstić information content (AvgIpc) is 2.15. The van der Waals surface area contributed by atoms with E-state index in [1.807, 2.05) is 0 Å². The van der Waals surface area contributed by atoms with Gasteiger partial charge in [-0.25, -0.2) is 4.79 Å². The first-order valence-electron chi connectivity index (χ1n) is 4.79. The molecule has 1 heterocycles. The molecule has 4 nitrogen and oxygen atoms in total. The van der Waals surface area contributed by atoms with E-state index in [2.05, 4.69) is 4.98 Å². The summed E-state index contributed by atoms with van der Waals surface area (Å²) in [6.07, 6.45) is 1.60. The molecule has 0 fully saturated rings. The number of hydrogen-bond donors (Lipinski definition) is 1. The third kappa shape index (κ3) is 6.46. The number of carbonyl (C=O) groups is 1. The van der Waals surface area contributed by atoms with E-state index in [1.165, 1.54) is 0 Å². The Morgan fingerprint density at radius 1 is 1.35 bits per heavy atom. The predicted octanol–water partition coefficient (Wildman–Crippen LogP) is 2.27. The van der Waals surface area contributed by atoms with Crippen LogP contribution in [0.25, 0.3) is 0 Å². The van der Waals surface area contributed by atoms with Crippen molar-refractivity contribution >= 4 is 30.8 Å². The lowest BCUT2D eigenvalue weighted by Gasteiger charge is -2.21. The van der Waals surface area contributed by atoms with Gasteiger partial charge in [-0.05, 0) is 32.9 Å². The van der Waals surface area contributed by atoms with Gasteiger partial charge in [-0.1, -0.05) is 6.07 Å². The summed E-state index contributed by atoms with van der Waals surface area (Å²) in [7, 11) is 0. The van der Waals surface area contributed by atoms with Crippen LogP contribution in [0.1, 0.15) is 32.5 Å². The average molecular weight is 281 g/mol. The highest BCUT2D eigenvalue weighted by Gasteiger charge is 2.23. The zero-order valence-electron chi connectivity index (χ0n) is 10.0. The first kappa shape index (κ1) is 18.5. The number of aromatic nitrogens is 1. The van der Waals surface area contributed by atoms with Crippen LogP contribution in [0.4, 0.5) is 0 Å². The van der Waals surface area contributed by atoms with Gasteiger partial charge in [-0.15, -0.1) is 24.8 Å². The quantitative estimate of drug-likeness (QED) is 0.844. The molecule has 0 radical (unpaired) electrons. The van der Waals surface area contributed by atoms with Crippen molar-refractivity contribution in [1.29, 1.82) is 0 Å². The fraction of sp³-hybridized carbons (Fsp3) is 0.455. The number of carbonyl (C=O) groups excluding carboxylic acids is 1. The van der Waals surface area contributed by atoms with E-state index < -0.39 is 17.6 Å². The summed E-state index contributed by atoms with van der Waals surface area (Å²) in [5, 5.41) is 0. The number of ether oxygens (including phenoxy) is 1. The standard InChI is InChI=1S/C11H16N2O2.2ClH/c1-11(2,3)15-10(14)9(12)8-6-4-5-7-13-8;;/h4-7,9H,12H2,1-3H3;2*1H. The van der Waals surface area contributed by atoms with Gasteiger partial charge < -0.3 is 10.5 Å². The maximum absolute atomic E-state index is 11.6. The Morgan fingerprint density at radius 3 is 2.35 bits per heavy atom. The number of pyridine rings is 1. The fourth-order valence-corrected chi connectivity index (χ4v) is 1.05. The van der Waals surface area contributed by atoms with Crippen molar-refractivity contribution in [3.63, 3.8) is 0 Å². The molecule has 0 saturated heterocycles. The lowest BCUT2D eigenvalue weighted by atomic mass is 10.1. The second-order valence-electron chi connectivity index (χ2n) is 4.27. The van der Waals surface area contributed by atoms with E-state index >= 15 is 0 Å². The summed E-state index contributed by atoms with van der Waals surface area (Å²) in [6, 6.07) is 4.44. The molecule has 2 N–H and O–H groups in total. The van der Waals surface area contributed by atoms with Crippen molar-refractivity contribution < 1.29 is 9.53 Å². The largest absolute Gasteiger partial charge is 0.459 e. The van der Waals surface area contributed by atoms with Gasteiger partial charge >= 0.3 is 5.97 Å². The molecule has 0 bridgehead atoms. The topological polar surface area (TPSA) is 65.2 Å². The van der Waals surface area contributed by atoms with Gasteiger partial charge in [0.2, 0.25) is 0 Å². The first-order chi connectivity index (χ1) is 6.90. The molecule has 0 aliphatic rings. The number of rotatable bonds is 2. The number of halogens is 2. The van der Waals surface area contributed by atoms with Gasteiger partial charge in [0.15, 0.2) is 0 Å². The molecule has 0 amide bonds. The SMILES string of the molecule is CC(C)(C)OC(=O)C(N)c1ccccn1.Cl.Cl. The highest BCUT2D eigenvalue weighted by Crippen LogP contribution is 2.14. The lowest BCUT2D eigenvalue weighted by molar-refractivity contribution is -0.156. The zero-order chi connectivity index (χ0) is 11.5. The molecular formula is C11H18Cl2N2O2. The molecule has 0 aliphatic carbocycles. The van der Waals surface area contributed by atoms with Crippen LogP contribution in [0.5, 0.6) is 0 Å². The Morgan fingerprint density at radius 2 is 1.94 bits per heavy atom. The van der Waals surface area contributed by atoms with Gasteiger partial charge in [0.25, 0.3) is 0 Å². The molecule has 1 atom stereocenters. The Kier molecular flexibility index (Phi) is 8.15. The molecule has 1 rings (SSSR count). The number of hydrogen-bond acceptors (Lipinski definition) is 4. The van der Waals surface area contributed by atoms with Crippen LogP contribution in [0.15, 0.2) is 24.4 Å². The Bertz CT molecular complexity index is 339. The number of nitrogens with two attached hydrogens (primary N) is 1. The second kappa shape index (κ2) is 7.48. The highest BCUT2D eigenvalue weighted by atomic mass is 35.5. The molecule has 98 valence electrons. The van der Waals surface area contributed by atoms with Gasteiger partial charge in [0.05, 0.1) is 5.69 Å². The van der Waals surface area contributed by atoms with Crippen LogP contribution in [0.3, 0.4) is 0 Å². The van der Waals surface area contributed by atoms with Gasteiger partial charge in [0, 0.05) is 6.20 Å². The van der Waals surface area contributed by atoms with Crippen molar-refractivity contribution in [2.45, 2.75) is 32.4 Å². The fourth-order valence-electron chi connectivity index (χ4n) is 1.05. The monoisotopic (exact) mass is 280 g/mol. The zero-order valence-corrected chi connectivity index (χ0v) is 11.7. The molecule has 0 saturated carbocycles. The summed E-state index contributed by atoms with van der Waals surface area (Å²) in [5.74, 6) is -0.457. The molecule has 1 aromatic heterocycles. The van der Waals surface area contributed by atoms with E-state index in [0.717, 1.165) is 0 Å². The van der Waals surface area contributed by atoms with Crippen LogP contribution in [0.2, 0.25) is 0 Å². The van der Waals surface area contributed by atoms with Crippen molar-refractivity contribution in [3.05, 3.63) is 30.1 Å². The van der Waals surface area contributed by atoms with Crippen LogP contribution in [-0.4, -0.2) is 16.6 Å². The third-order valence-corrected chi connectivity index (χ3v) is 1.67. The molecule has 1 aromatic rings. The van der Waals surface area contributed by atoms with E-state index in [9.17, 15) is 4.79 Å². The van der Waals surface area contributed by atoms with Crippen molar-refractivity contribution in [2.24, 2.45) is 5.73 Å². The molecule has 1 unspecified atom stereocenters. The number of nitrogens with zero attached hydrogens (tertiary/aromatic N) is 1. The van der Waals surface area contributed by atoms with Crippen LogP contribution >= 0.6 is 24.8 Å². The summed E-state index contributed by atoms with van der Waals surface area (Å²) < 4.78 is 5.15. The van der Waals surface area contributed by atoms with Gasteiger partial charge in [0.1, 0.15) is 11.6 Å². The minimum absolute atomic E-state index is 0. The summed E-state index contributed by atoms with van der Waals surface area (Å²) in [4.78, 5) is 15.6. The first-order valence-corrected chi connectivity index (χ1v) is 4.79. The van der Waals surface area contributed by atoms with E-state index in [-0.39, 0.29) is 24.8 Å². The summed E-state index contributed by atoms with van der Waals surface area (Å²) in [6.45, 7) is 5.40. The summed E-state index contributed by atoms with van der Waals surface area (Å²) in [5.41, 5.74) is 5.70. The molecule has 0 spiro atoms. The molecular weight excluding hydrogens is 263 g/mol. The third-order valence-electron chi connectivity index (χ3n) is 1.67. The Hall–Kier alpha value is -0.840. The Labute approximate surface area is 114 Å². The minimum Gasteiger partial charge on any atom is -0.459 e. The predicted molar refractivity (Wildman–Crippen MR) is 71.5 cm³/mol. The molecule has 0 aromatic carbocycles. The number of esters is 1. The molecule has 17 heavy (non-hydrogen) atoms. The maximum Gasteiger partial charge on any atom is 0.329 e. The van der Waals surface area contributed by atoms with Gasteiger partial charge in [-0.2, -0.15) is 0 Å². The highest BCUT2D eigenvalue weighted by molar-refractivity contribution is 5.85. The van der Waals surface area contributed by atoms with Gasteiger partial charge in [-0.3, -0.25) is 4.98 Å². The Balaban J connectivity index is 0. The van der Waals surface area contributed by atoms with E-state index in [1.54, 1.807) is 45.2 Å². The van der Waals surface area contributed by atoms with Crippen molar-refractivity contribution in [3.8, 4) is 0 Å². The summed E-state index contributed by atoms with van der Waals surface area (Å²) >= 11 is 0. The van der Waals surface area contributed by atoms with Crippen molar-refractivity contribution in [2.75, 3.05) is 0 Å². The lowest BCUT2D eigenvalue weighted by Crippen LogP contribution is -2.31. The van der Waals surface area contributed by atoms with E-state index in [4.69, 9.17) is 10.5 Å². The van der Waals surface area contributed by atoms with Crippen molar-refractivity contribution in [1.82, 2.24) is 4.98 Å². The van der Waals surface area contributed by atoms with Crippen LogP contribution in [-0.2, 0) is 9.53 Å². The smallest absolute Gasteiger partial charge is 0.329 e. The normalized spacial score (nSPS) is 11.8. The minimum atomic E-state index is -0.814. The molecule has 0 aliphatic heterocycles. The maximum atomic E-state index is 11.6.